The zero-order valence-electron chi connectivity index (χ0n) is 16.1. The van der Waals surface area contributed by atoms with E-state index >= 15 is 0 Å². The number of likely N-dealkylation sites (tertiary alicyclic amines) is 1. The highest BCUT2D eigenvalue weighted by molar-refractivity contribution is 5.31. The molecule has 0 unspecified atom stereocenters. The molecule has 1 aliphatic rings. The molecule has 7 heteroatoms. The van der Waals surface area contributed by atoms with Gasteiger partial charge in [0, 0.05) is 12.7 Å². The number of methoxy groups -OCH3 is 1. The number of nitrogens with one attached hydrogen (secondary N) is 2. The van der Waals surface area contributed by atoms with E-state index in [0.717, 1.165) is 37.4 Å². The largest absolute Gasteiger partial charge is 0.497 e. The number of aromatic nitrogens is 1. The Labute approximate surface area is 164 Å². The quantitative estimate of drug-likeness (QED) is 0.674. The number of benzene rings is 1. The molecule has 6 nitrogen and oxygen atoms in total. The summed E-state index contributed by atoms with van der Waals surface area (Å²) in [5, 5.41) is 6.75. The molecule has 28 heavy (non-hydrogen) atoms. The standard InChI is InChI=1S/C21H26FN5O/c1-28-21-4-2-3-17(11-21)16-7-9-27(10-8-16)15-20(26-23)14-24-13-19-6-5-18(22)12-25-19/h2-6,11-12,14,16,23-24H,7-10,13,15H2,1H3/b20-14-,26-23?. The van der Waals surface area contributed by atoms with Gasteiger partial charge < -0.3 is 10.1 Å². The molecule has 0 saturated carbocycles. The van der Waals surface area contributed by atoms with Crippen LogP contribution >= 0.6 is 0 Å². The van der Waals surface area contributed by atoms with E-state index in [1.807, 2.05) is 12.1 Å². The first-order valence-electron chi connectivity index (χ1n) is 9.44. The molecule has 0 radical (unpaired) electrons. The topological polar surface area (TPSA) is 73.6 Å². The third-order valence-corrected chi connectivity index (χ3v) is 5.02. The lowest BCUT2D eigenvalue weighted by Gasteiger charge is -2.32. The average molecular weight is 383 g/mol. The number of pyridine rings is 1. The second kappa shape index (κ2) is 9.94. The highest BCUT2D eigenvalue weighted by Gasteiger charge is 2.21. The summed E-state index contributed by atoms with van der Waals surface area (Å²) in [7, 11) is 1.69. The van der Waals surface area contributed by atoms with Gasteiger partial charge >= 0.3 is 0 Å². The first-order valence-corrected chi connectivity index (χ1v) is 9.44. The van der Waals surface area contributed by atoms with Crippen LogP contribution < -0.4 is 10.1 Å². The lowest BCUT2D eigenvalue weighted by atomic mass is 9.89. The number of nitrogens with zero attached hydrogens (tertiary/aromatic N) is 3. The first-order chi connectivity index (χ1) is 13.7. The summed E-state index contributed by atoms with van der Waals surface area (Å²) < 4.78 is 18.2. The molecule has 1 saturated heterocycles. The molecule has 0 aliphatic carbocycles. The van der Waals surface area contributed by atoms with Gasteiger partial charge in [0.1, 0.15) is 11.6 Å². The molecule has 2 heterocycles. The highest BCUT2D eigenvalue weighted by Crippen LogP contribution is 2.30. The van der Waals surface area contributed by atoms with Crippen LogP contribution in [0.3, 0.4) is 0 Å². The number of ether oxygens (including phenoxy) is 1. The van der Waals surface area contributed by atoms with Crippen LogP contribution in [0.2, 0.25) is 0 Å². The monoisotopic (exact) mass is 383 g/mol. The molecule has 3 rings (SSSR count). The van der Waals surface area contributed by atoms with E-state index in [0.29, 0.717) is 24.7 Å². The van der Waals surface area contributed by atoms with Crippen LogP contribution in [0.5, 0.6) is 5.75 Å². The molecule has 0 atom stereocenters. The van der Waals surface area contributed by atoms with E-state index in [1.54, 1.807) is 19.4 Å². The second-order valence-electron chi connectivity index (χ2n) is 6.92. The van der Waals surface area contributed by atoms with Crippen molar-refractivity contribution in [3.8, 4) is 5.75 Å². The third-order valence-electron chi connectivity index (χ3n) is 5.02. The van der Waals surface area contributed by atoms with Crippen LogP contribution in [0.1, 0.15) is 30.0 Å². The molecule has 1 aromatic heterocycles. The predicted molar refractivity (Wildman–Crippen MR) is 106 cm³/mol. The highest BCUT2D eigenvalue weighted by atomic mass is 19.1. The fourth-order valence-electron chi connectivity index (χ4n) is 3.45. The van der Waals surface area contributed by atoms with E-state index in [9.17, 15) is 4.39 Å². The Hall–Kier alpha value is -2.80. The van der Waals surface area contributed by atoms with Gasteiger partial charge in [0.2, 0.25) is 0 Å². The molecule has 0 amide bonds. The van der Waals surface area contributed by atoms with Crippen LogP contribution in [-0.2, 0) is 6.54 Å². The van der Waals surface area contributed by atoms with Crippen LogP contribution in [-0.4, -0.2) is 36.6 Å². The van der Waals surface area contributed by atoms with Gasteiger partial charge in [0.25, 0.3) is 0 Å². The Kier molecular flexibility index (Phi) is 7.08. The minimum Gasteiger partial charge on any atom is -0.497 e. The first kappa shape index (κ1) is 19.9. The van der Waals surface area contributed by atoms with Crippen LogP contribution in [0.15, 0.2) is 59.6 Å². The molecule has 2 N–H and O–H groups in total. The normalized spacial score (nSPS) is 16.0. The van der Waals surface area contributed by atoms with Gasteiger partial charge in [-0.15, -0.1) is 0 Å². The van der Waals surface area contributed by atoms with Gasteiger partial charge in [-0.05, 0) is 61.7 Å². The number of rotatable bonds is 8. The second-order valence-corrected chi connectivity index (χ2v) is 6.92. The predicted octanol–water partition coefficient (Wildman–Crippen LogP) is 4.07. The van der Waals surface area contributed by atoms with Crippen molar-refractivity contribution in [2.45, 2.75) is 25.3 Å². The summed E-state index contributed by atoms with van der Waals surface area (Å²) in [6, 6.07) is 11.3. The fourth-order valence-corrected chi connectivity index (χ4v) is 3.45. The number of hydrogen-bond acceptors (Lipinski definition) is 6. The molecule has 1 fully saturated rings. The lowest BCUT2D eigenvalue weighted by Crippen LogP contribution is -2.34. The average Bonchev–Trinajstić information content (AvgIpc) is 2.75. The molecular formula is C21H26FN5O. The summed E-state index contributed by atoms with van der Waals surface area (Å²) in [4.78, 5) is 6.32. The van der Waals surface area contributed by atoms with Crippen molar-refractivity contribution >= 4 is 0 Å². The molecule has 0 bridgehead atoms. The van der Waals surface area contributed by atoms with Crippen LogP contribution in [0.4, 0.5) is 4.39 Å². The van der Waals surface area contributed by atoms with E-state index in [2.05, 4.69) is 32.4 Å². The van der Waals surface area contributed by atoms with Gasteiger partial charge in [0.05, 0.1) is 31.2 Å². The van der Waals surface area contributed by atoms with Crippen molar-refractivity contribution in [2.24, 2.45) is 5.11 Å². The van der Waals surface area contributed by atoms with Gasteiger partial charge in [-0.3, -0.25) is 9.88 Å². The summed E-state index contributed by atoms with van der Waals surface area (Å²) in [5.41, 5.74) is 10.2. The van der Waals surface area contributed by atoms with Crippen molar-refractivity contribution in [3.63, 3.8) is 0 Å². The molecule has 1 aromatic carbocycles. The van der Waals surface area contributed by atoms with Gasteiger partial charge in [-0.25, -0.2) is 9.92 Å². The maximum absolute atomic E-state index is 12.9. The summed E-state index contributed by atoms with van der Waals surface area (Å²) in [6.07, 6.45) is 5.09. The van der Waals surface area contributed by atoms with Crippen LogP contribution in [0.25, 0.3) is 0 Å². The maximum atomic E-state index is 12.9. The Balaban J connectivity index is 1.48. The zero-order chi connectivity index (χ0) is 19.8. The Morgan fingerprint density at radius 1 is 1.36 bits per heavy atom. The Bertz CT molecular complexity index is 801. The van der Waals surface area contributed by atoms with Crippen molar-refractivity contribution in [2.75, 3.05) is 26.7 Å². The lowest BCUT2D eigenvalue weighted by molar-refractivity contribution is 0.226. The minimum absolute atomic E-state index is 0.349. The third kappa shape index (κ3) is 5.60. The van der Waals surface area contributed by atoms with E-state index in [4.69, 9.17) is 10.3 Å². The van der Waals surface area contributed by atoms with Crippen molar-refractivity contribution in [3.05, 3.63) is 71.6 Å². The minimum atomic E-state index is -0.349. The smallest absolute Gasteiger partial charge is 0.141 e. The fraction of sp³-hybridized carbons (Fsp3) is 0.381. The van der Waals surface area contributed by atoms with Crippen LogP contribution in [0, 0.1) is 11.3 Å². The van der Waals surface area contributed by atoms with E-state index < -0.39 is 0 Å². The zero-order valence-corrected chi connectivity index (χ0v) is 16.1. The Morgan fingerprint density at radius 3 is 2.86 bits per heavy atom. The summed E-state index contributed by atoms with van der Waals surface area (Å²) in [6.45, 7) is 3.04. The molecule has 0 spiro atoms. The van der Waals surface area contributed by atoms with Crippen molar-refractivity contribution in [1.82, 2.24) is 15.2 Å². The number of halogens is 1. The van der Waals surface area contributed by atoms with Crippen molar-refractivity contribution < 1.29 is 9.13 Å². The molecular weight excluding hydrogens is 357 g/mol. The molecule has 148 valence electrons. The van der Waals surface area contributed by atoms with E-state index in [-0.39, 0.29) is 5.82 Å². The number of piperidine rings is 1. The molecule has 1 aliphatic heterocycles. The van der Waals surface area contributed by atoms with Gasteiger partial charge in [-0.2, -0.15) is 5.11 Å². The van der Waals surface area contributed by atoms with Gasteiger partial charge in [0.15, 0.2) is 0 Å². The summed E-state index contributed by atoms with van der Waals surface area (Å²) in [5.74, 6) is 1.09. The maximum Gasteiger partial charge on any atom is 0.141 e. The molecule has 2 aromatic rings. The summed E-state index contributed by atoms with van der Waals surface area (Å²) >= 11 is 0. The van der Waals surface area contributed by atoms with Crippen molar-refractivity contribution in [1.29, 1.82) is 5.53 Å². The van der Waals surface area contributed by atoms with Gasteiger partial charge in [-0.1, -0.05) is 12.1 Å². The SMILES string of the molecule is COc1cccc(C2CCN(C/C(=C/NCc3ccc(F)cn3)N=N)CC2)c1. The van der Waals surface area contributed by atoms with E-state index in [1.165, 1.54) is 17.8 Å². The number of hydrogen-bond donors (Lipinski definition) is 2. The Morgan fingerprint density at radius 2 is 2.18 bits per heavy atom.